The lowest BCUT2D eigenvalue weighted by Gasteiger charge is -2.10. The maximum atomic E-state index is 13.5. The Kier molecular flexibility index (Phi) is 3.78. The van der Waals surface area contributed by atoms with Crippen molar-refractivity contribution in [3.8, 4) is 6.07 Å². The average Bonchev–Trinajstić information content (AvgIpc) is 2.43. The van der Waals surface area contributed by atoms with Gasteiger partial charge in [-0.15, -0.1) is 0 Å². The van der Waals surface area contributed by atoms with E-state index in [4.69, 9.17) is 11.0 Å². The van der Waals surface area contributed by atoms with E-state index >= 15 is 0 Å². The number of benzene rings is 2. The molecule has 0 saturated heterocycles. The molecule has 0 spiro atoms. The standard InChI is InChI=1S/C13H9F2N3O2S/c14-10-2-1-3-11(13(10)15)18-21(19,20)12-5-4-9(17)6-8(12)7-16/h1-6,18H,17H2. The lowest BCUT2D eigenvalue weighted by Crippen LogP contribution is -2.16. The summed E-state index contributed by atoms with van der Waals surface area (Å²) in [7, 11) is -4.25. The highest BCUT2D eigenvalue weighted by molar-refractivity contribution is 7.92. The van der Waals surface area contributed by atoms with Crippen LogP contribution in [-0.4, -0.2) is 8.42 Å². The van der Waals surface area contributed by atoms with Crippen LogP contribution in [-0.2, 0) is 10.0 Å². The smallest absolute Gasteiger partial charge is 0.263 e. The number of nitrogens with two attached hydrogens (primary N) is 1. The second kappa shape index (κ2) is 5.38. The first kappa shape index (κ1) is 14.7. The van der Waals surface area contributed by atoms with Gasteiger partial charge in [0.05, 0.1) is 11.3 Å². The van der Waals surface area contributed by atoms with Crippen LogP contribution in [0.3, 0.4) is 0 Å². The van der Waals surface area contributed by atoms with Crippen LogP contribution in [0.4, 0.5) is 20.2 Å². The number of nitrogens with zero attached hydrogens (tertiary/aromatic N) is 1. The van der Waals surface area contributed by atoms with E-state index in [-0.39, 0.29) is 16.1 Å². The molecule has 8 heteroatoms. The van der Waals surface area contributed by atoms with Crippen LogP contribution in [0.5, 0.6) is 0 Å². The van der Waals surface area contributed by atoms with Gasteiger partial charge in [-0.05, 0) is 30.3 Å². The fraction of sp³-hybridized carbons (Fsp3) is 0. The first-order valence-electron chi connectivity index (χ1n) is 5.61. The number of sulfonamides is 1. The summed E-state index contributed by atoms with van der Waals surface area (Å²) in [6.45, 7) is 0. The molecule has 5 nitrogen and oxygen atoms in total. The van der Waals surface area contributed by atoms with E-state index in [1.165, 1.54) is 12.1 Å². The van der Waals surface area contributed by atoms with E-state index in [0.717, 1.165) is 24.3 Å². The van der Waals surface area contributed by atoms with Gasteiger partial charge in [0.1, 0.15) is 11.0 Å². The van der Waals surface area contributed by atoms with Gasteiger partial charge in [-0.2, -0.15) is 5.26 Å². The third-order valence-corrected chi connectivity index (χ3v) is 4.03. The van der Waals surface area contributed by atoms with Gasteiger partial charge in [0.2, 0.25) is 0 Å². The van der Waals surface area contributed by atoms with Gasteiger partial charge in [0.25, 0.3) is 10.0 Å². The van der Waals surface area contributed by atoms with Crippen molar-refractivity contribution in [2.24, 2.45) is 0 Å². The topological polar surface area (TPSA) is 96.0 Å². The molecule has 0 aliphatic carbocycles. The van der Waals surface area contributed by atoms with Crippen LogP contribution in [0.1, 0.15) is 5.56 Å². The Bertz CT molecular complexity index is 845. The Morgan fingerprint density at radius 1 is 1.19 bits per heavy atom. The molecule has 0 atom stereocenters. The molecule has 0 saturated carbocycles. The molecule has 108 valence electrons. The third kappa shape index (κ3) is 2.93. The number of rotatable bonds is 3. The van der Waals surface area contributed by atoms with Crippen LogP contribution in [0, 0.1) is 23.0 Å². The lowest BCUT2D eigenvalue weighted by atomic mass is 10.2. The number of nitrogens with one attached hydrogen (secondary N) is 1. The minimum atomic E-state index is -4.25. The maximum absolute atomic E-state index is 13.5. The van der Waals surface area contributed by atoms with E-state index in [2.05, 4.69) is 0 Å². The summed E-state index contributed by atoms with van der Waals surface area (Å²) in [5.41, 5.74) is 4.94. The Labute approximate surface area is 119 Å². The number of hydrogen-bond acceptors (Lipinski definition) is 4. The number of nitrogen functional groups attached to an aromatic ring is 1. The molecule has 0 aliphatic rings. The molecule has 0 aliphatic heterocycles. The fourth-order valence-electron chi connectivity index (χ4n) is 1.65. The predicted molar refractivity (Wildman–Crippen MR) is 72.7 cm³/mol. The zero-order valence-electron chi connectivity index (χ0n) is 10.5. The number of anilines is 2. The summed E-state index contributed by atoms with van der Waals surface area (Å²) in [5, 5.41) is 8.94. The molecule has 2 aromatic carbocycles. The maximum Gasteiger partial charge on any atom is 0.263 e. The Balaban J connectivity index is 2.49. The molecule has 2 aromatic rings. The van der Waals surface area contributed by atoms with Crippen molar-refractivity contribution in [3.63, 3.8) is 0 Å². The highest BCUT2D eigenvalue weighted by Gasteiger charge is 2.21. The van der Waals surface area contributed by atoms with Crippen molar-refractivity contribution in [1.82, 2.24) is 0 Å². The van der Waals surface area contributed by atoms with Gasteiger partial charge < -0.3 is 5.73 Å². The minimum Gasteiger partial charge on any atom is -0.399 e. The monoisotopic (exact) mass is 309 g/mol. The molecule has 21 heavy (non-hydrogen) atoms. The number of hydrogen-bond donors (Lipinski definition) is 2. The van der Waals surface area contributed by atoms with Crippen molar-refractivity contribution in [1.29, 1.82) is 5.26 Å². The zero-order chi connectivity index (χ0) is 15.6. The predicted octanol–water partition coefficient (Wildman–Crippen LogP) is 2.22. The molecule has 3 N–H and O–H groups in total. The molecule has 0 aromatic heterocycles. The largest absolute Gasteiger partial charge is 0.399 e. The van der Waals surface area contributed by atoms with Crippen LogP contribution in [0.2, 0.25) is 0 Å². The van der Waals surface area contributed by atoms with Crippen molar-refractivity contribution in [2.45, 2.75) is 4.90 Å². The molecule has 0 heterocycles. The first-order valence-corrected chi connectivity index (χ1v) is 7.10. The molecular formula is C13H9F2N3O2S. The van der Waals surface area contributed by atoms with Crippen LogP contribution < -0.4 is 10.5 Å². The van der Waals surface area contributed by atoms with Crippen molar-refractivity contribution in [2.75, 3.05) is 10.5 Å². The SMILES string of the molecule is N#Cc1cc(N)ccc1S(=O)(=O)Nc1cccc(F)c1F. The minimum absolute atomic E-state index is 0.195. The summed E-state index contributed by atoms with van der Waals surface area (Å²) >= 11 is 0. The highest BCUT2D eigenvalue weighted by atomic mass is 32.2. The van der Waals surface area contributed by atoms with Crippen molar-refractivity contribution < 1.29 is 17.2 Å². The van der Waals surface area contributed by atoms with Gasteiger partial charge in [0, 0.05) is 5.69 Å². The van der Waals surface area contributed by atoms with E-state index in [1.807, 2.05) is 4.72 Å². The van der Waals surface area contributed by atoms with Crippen molar-refractivity contribution >= 4 is 21.4 Å². The number of halogens is 2. The number of nitriles is 1. The second-order valence-electron chi connectivity index (χ2n) is 4.07. The Morgan fingerprint density at radius 3 is 2.57 bits per heavy atom. The zero-order valence-corrected chi connectivity index (χ0v) is 11.3. The Morgan fingerprint density at radius 2 is 1.90 bits per heavy atom. The third-order valence-electron chi connectivity index (χ3n) is 2.61. The van der Waals surface area contributed by atoms with Crippen LogP contribution >= 0.6 is 0 Å². The second-order valence-corrected chi connectivity index (χ2v) is 5.73. The highest BCUT2D eigenvalue weighted by Crippen LogP contribution is 2.23. The quantitative estimate of drug-likeness (QED) is 0.850. The summed E-state index contributed by atoms with van der Waals surface area (Å²) in [6.07, 6.45) is 0. The summed E-state index contributed by atoms with van der Waals surface area (Å²) in [5.74, 6) is -2.51. The van der Waals surface area contributed by atoms with E-state index in [1.54, 1.807) is 6.07 Å². The van der Waals surface area contributed by atoms with Crippen molar-refractivity contribution in [3.05, 3.63) is 53.6 Å². The van der Waals surface area contributed by atoms with E-state index in [0.29, 0.717) is 0 Å². The molecule has 0 radical (unpaired) electrons. The van der Waals surface area contributed by atoms with E-state index < -0.39 is 27.3 Å². The van der Waals surface area contributed by atoms with Gasteiger partial charge in [-0.3, -0.25) is 4.72 Å². The van der Waals surface area contributed by atoms with Gasteiger partial charge in [0.15, 0.2) is 11.6 Å². The summed E-state index contributed by atoms with van der Waals surface area (Å²) in [6, 6.07) is 8.36. The van der Waals surface area contributed by atoms with Gasteiger partial charge in [-0.25, -0.2) is 17.2 Å². The first-order chi connectivity index (χ1) is 9.85. The molecule has 0 amide bonds. The fourth-order valence-corrected chi connectivity index (χ4v) is 2.85. The van der Waals surface area contributed by atoms with Crippen LogP contribution in [0.25, 0.3) is 0 Å². The van der Waals surface area contributed by atoms with Gasteiger partial charge in [-0.1, -0.05) is 6.07 Å². The molecule has 0 fully saturated rings. The van der Waals surface area contributed by atoms with E-state index in [9.17, 15) is 17.2 Å². The normalized spacial score (nSPS) is 10.9. The Hall–Kier alpha value is -2.66. The molecule has 2 rings (SSSR count). The molecule has 0 unspecified atom stereocenters. The van der Waals surface area contributed by atoms with Gasteiger partial charge >= 0.3 is 0 Å². The molecule has 0 bridgehead atoms. The molecular weight excluding hydrogens is 300 g/mol. The summed E-state index contributed by atoms with van der Waals surface area (Å²) < 4.78 is 52.8. The lowest BCUT2D eigenvalue weighted by molar-refractivity contribution is 0.511. The van der Waals surface area contributed by atoms with Crippen LogP contribution in [0.15, 0.2) is 41.3 Å². The summed E-state index contributed by atoms with van der Waals surface area (Å²) in [4.78, 5) is -0.372. The average molecular weight is 309 g/mol.